The number of aromatic nitrogens is 12. The van der Waals surface area contributed by atoms with Crippen LogP contribution < -0.4 is 0 Å². The molecule has 0 bridgehead atoms. The van der Waals surface area contributed by atoms with E-state index in [9.17, 15) is 0 Å². The van der Waals surface area contributed by atoms with E-state index in [1.54, 1.807) is 0 Å². The van der Waals surface area contributed by atoms with Crippen LogP contribution in [0.1, 0.15) is 0 Å². The van der Waals surface area contributed by atoms with Gasteiger partial charge < -0.3 is 27.4 Å². The highest BCUT2D eigenvalue weighted by molar-refractivity contribution is 6.26. The lowest BCUT2D eigenvalue weighted by Crippen LogP contribution is -1.95. The van der Waals surface area contributed by atoms with Crippen molar-refractivity contribution in [1.82, 2.24) is 57.3 Å². The van der Waals surface area contributed by atoms with Gasteiger partial charge in [0, 0.05) is 162 Å². The Labute approximate surface area is 824 Å². The van der Waals surface area contributed by atoms with E-state index in [0.29, 0.717) is 0 Å². The molecule has 0 atom stereocenters. The molecule has 19 aromatic carbocycles. The predicted octanol–water partition coefficient (Wildman–Crippen LogP) is 33.6. The van der Waals surface area contributed by atoms with Gasteiger partial charge in [0.15, 0.2) is 0 Å². The van der Waals surface area contributed by atoms with Gasteiger partial charge in [0.2, 0.25) is 0 Å². The summed E-state index contributed by atoms with van der Waals surface area (Å²) in [6.45, 7) is 0. The molecule has 0 aliphatic rings. The second-order valence-corrected chi connectivity index (χ2v) is 37.2. The molecule has 31 aromatic rings. The first-order valence-corrected chi connectivity index (χ1v) is 48.8. The van der Waals surface area contributed by atoms with Crippen LogP contribution in [0, 0.1) is 0 Å². The van der Waals surface area contributed by atoms with E-state index in [1.807, 2.05) is 37.2 Å². The second-order valence-electron chi connectivity index (χ2n) is 37.2. The average Bonchev–Trinajstić information content (AvgIpc) is 1.57. The molecule has 0 unspecified atom stereocenters. The largest absolute Gasteiger partial charge is 0.309 e. The van der Waals surface area contributed by atoms with Gasteiger partial charge in [-0.25, -0.2) is 0 Å². The zero-order chi connectivity index (χ0) is 94.6. The van der Waals surface area contributed by atoms with Crippen molar-refractivity contribution in [3.8, 4) is 78.6 Å². The average molecular weight is 1840 g/mol. The Kier molecular flexibility index (Phi) is 18.8. The Morgan fingerprint density at radius 3 is 0.590 bits per heavy atom. The van der Waals surface area contributed by atoms with Crippen molar-refractivity contribution in [3.63, 3.8) is 0 Å². The molecule has 31 rings (SSSR count). The van der Waals surface area contributed by atoms with Crippen LogP contribution in [-0.4, -0.2) is 57.3 Å². The van der Waals surface area contributed by atoms with Gasteiger partial charge in [0.05, 0.1) is 105 Å². The molecule has 12 nitrogen and oxygen atoms in total. The fourth-order valence-electron chi connectivity index (χ4n) is 22.8. The summed E-state index contributed by atoms with van der Waals surface area (Å²) < 4.78 is 14.3. The molecule has 670 valence electrons. The lowest BCUT2D eigenvalue weighted by molar-refractivity contribution is 1.17. The predicted molar refractivity (Wildman–Crippen MR) is 599 cm³/mol. The fraction of sp³-hybridized carbons (Fsp3) is 0. The second kappa shape index (κ2) is 33.1. The third-order valence-corrected chi connectivity index (χ3v) is 29.3. The molecule has 0 spiro atoms. The summed E-state index contributed by atoms with van der Waals surface area (Å²) >= 11 is 0. The minimum atomic E-state index is 0.988. The van der Waals surface area contributed by atoms with Crippen molar-refractivity contribution >= 4 is 196 Å². The standard InChI is InChI=1S/C48H30N4.2C42H26N4/c1-3-11-31(12-4-1)32-19-23-36(24-20-32)52-46-26-22-34(28-40(46)42-30-50-44-18-10-8-16-38(44)48(42)52)33-21-25-45-39(27-33)41-29-49-43-17-9-7-15-37(43)47(41)51(45)35-13-5-2-6-14-35;1-3-11-29(12-4-1)45-39-21-19-27(23-33(39)35-25-43-37-17-9-7-15-31(37)41(35)45)28-20-22-40-34(24-28)36-26-44-38-18-10-8-16-32(38)42(36)46(40)30-13-5-2-6-14-30;1-3-11-29(12-4-1)45-39-22-20-28(24-34(39)41-31-15-7-9-17-36(31)44-26-40(41)45)27-19-21-38-33(23-27)35-25-43-37-18-10-8-16-32(37)42(35)46(38)30-13-5-2-6-14-30/h1-30H;2*1-26H. The molecule has 0 saturated heterocycles. The van der Waals surface area contributed by atoms with Crippen molar-refractivity contribution in [2.45, 2.75) is 0 Å². The molecule has 0 radical (unpaired) electrons. The van der Waals surface area contributed by atoms with Gasteiger partial charge in [-0.1, -0.05) is 279 Å². The van der Waals surface area contributed by atoms with E-state index in [0.717, 1.165) is 154 Å². The number of benzene rings is 19. The van der Waals surface area contributed by atoms with Crippen LogP contribution in [0.25, 0.3) is 275 Å². The zero-order valence-corrected chi connectivity index (χ0v) is 77.7. The molecule has 12 heterocycles. The summed E-state index contributed by atoms with van der Waals surface area (Å²) in [5.74, 6) is 0. The first-order valence-electron chi connectivity index (χ1n) is 48.8. The molecule has 0 aliphatic heterocycles. The number of hydrogen-bond donors (Lipinski definition) is 0. The Balaban J connectivity index is 0.000000103. The quantitative estimate of drug-likeness (QED) is 0.135. The van der Waals surface area contributed by atoms with E-state index in [2.05, 4.69) is 488 Å². The lowest BCUT2D eigenvalue weighted by Gasteiger charge is -2.11. The van der Waals surface area contributed by atoms with Gasteiger partial charge in [-0.15, -0.1) is 0 Å². The summed E-state index contributed by atoms with van der Waals surface area (Å²) in [7, 11) is 0. The summed E-state index contributed by atoms with van der Waals surface area (Å²) in [4.78, 5) is 29.3. The maximum absolute atomic E-state index is 4.93. The van der Waals surface area contributed by atoms with Crippen molar-refractivity contribution in [2.75, 3.05) is 0 Å². The molecule has 0 amide bonds. The van der Waals surface area contributed by atoms with Crippen molar-refractivity contribution in [1.29, 1.82) is 0 Å². The number of fused-ring (bicyclic) bond motifs is 30. The molecule has 0 saturated carbocycles. The topological polar surface area (TPSA) is 107 Å². The highest BCUT2D eigenvalue weighted by atomic mass is 15.0. The number of para-hydroxylation sites is 11. The van der Waals surface area contributed by atoms with Gasteiger partial charge in [-0.2, -0.15) is 0 Å². The van der Waals surface area contributed by atoms with Crippen LogP contribution in [0.4, 0.5) is 0 Å². The number of pyridine rings is 6. The fourth-order valence-corrected chi connectivity index (χ4v) is 22.8. The van der Waals surface area contributed by atoms with Crippen molar-refractivity contribution in [2.24, 2.45) is 0 Å². The van der Waals surface area contributed by atoms with E-state index >= 15 is 0 Å². The van der Waals surface area contributed by atoms with Crippen LogP contribution in [0.2, 0.25) is 0 Å². The van der Waals surface area contributed by atoms with Gasteiger partial charge in [0.25, 0.3) is 0 Å². The summed E-state index contributed by atoms with van der Waals surface area (Å²) in [5, 5.41) is 21.0. The maximum atomic E-state index is 4.93. The van der Waals surface area contributed by atoms with Gasteiger partial charge in [-0.3, -0.25) is 29.9 Å². The summed E-state index contributed by atoms with van der Waals surface area (Å²) in [6.07, 6.45) is 12.2. The van der Waals surface area contributed by atoms with Crippen LogP contribution in [0.5, 0.6) is 0 Å². The third-order valence-electron chi connectivity index (χ3n) is 29.3. The number of rotatable bonds is 10. The minimum absolute atomic E-state index is 0.988. The van der Waals surface area contributed by atoms with Gasteiger partial charge in [-0.05, 0) is 226 Å². The Morgan fingerprint density at radius 2 is 0.312 bits per heavy atom. The van der Waals surface area contributed by atoms with E-state index in [1.165, 1.54) is 121 Å². The smallest absolute Gasteiger partial charge is 0.0730 e. The van der Waals surface area contributed by atoms with Crippen LogP contribution >= 0.6 is 0 Å². The highest BCUT2D eigenvalue weighted by Gasteiger charge is 2.26. The molecule has 0 fully saturated rings. The molecule has 144 heavy (non-hydrogen) atoms. The Bertz CT molecular complexity index is 10500. The van der Waals surface area contributed by atoms with Gasteiger partial charge in [0.1, 0.15) is 0 Å². The SMILES string of the molecule is c1ccc(-c2ccc(-n3c4ccc(-c5ccc6c(c5)c5cnc7ccccc7c5n6-c5ccccc5)cc4c4cnc5ccccc5c43)cc2)cc1.c1ccc(-n2c3ccc(-c4ccc5c(c4)c4cnc6ccccc6c4n5-c4ccccc4)cc3c3c4ccccc4ncc32)cc1.c1ccc(-n2c3ccc(-c4ccc5c(c4)c4cnc6ccccc6c4n5-c4ccccc4)cc3c3cnc4ccccc4c32)cc1. The monoisotopic (exact) mass is 1830 g/mol. The summed E-state index contributed by atoms with van der Waals surface area (Å²) in [5.41, 5.74) is 36.2. The first-order chi connectivity index (χ1) is 71.5. The van der Waals surface area contributed by atoms with Crippen LogP contribution in [0.15, 0.2) is 498 Å². The number of nitrogens with zero attached hydrogens (tertiary/aromatic N) is 12. The molecular formula is C132H82N12. The van der Waals surface area contributed by atoms with Gasteiger partial charge >= 0.3 is 0 Å². The minimum Gasteiger partial charge on any atom is -0.309 e. The third kappa shape index (κ3) is 13.0. The number of hydrogen-bond acceptors (Lipinski definition) is 6. The maximum Gasteiger partial charge on any atom is 0.0730 e. The first kappa shape index (κ1) is 81.6. The van der Waals surface area contributed by atoms with E-state index in [-0.39, 0.29) is 0 Å². The molecule has 0 aliphatic carbocycles. The normalized spacial score (nSPS) is 11.9. The molecular weight excluding hydrogens is 1750 g/mol. The highest BCUT2D eigenvalue weighted by Crippen LogP contribution is 2.48. The zero-order valence-electron chi connectivity index (χ0n) is 77.7. The molecule has 0 N–H and O–H groups in total. The molecule has 12 aromatic heterocycles. The lowest BCUT2D eigenvalue weighted by atomic mass is 10.00. The Hall–Kier alpha value is -19.6. The van der Waals surface area contributed by atoms with E-state index in [4.69, 9.17) is 29.9 Å². The van der Waals surface area contributed by atoms with E-state index < -0.39 is 0 Å². The summed E-state index contributed by atoms with van der Waals surface area (Å²) in [6, 6.07) is 164. The Morgan fingerprint density at radius 1 is 0.118 bits per heavy atom. The van der Waals surface area contributed by atoms with Crippen molar-refractivity contribution in [3.05, 3.63) is 498 Å². The van der Waals surface area contributed by atoms with Crippen LogP contribution in [0.3, 0.4) is 0 Å². The van der Waals surface area contributed by atoms with Crippen molar-refractivity contribution < 1.29 is 0 Å². The molecule has 12 heteroatoms. The van der Waals surface area contributed by atoms with Crippen LogP contribution in [-0.2, 0) is 0 Å².